The molecule has 0 radical (unpaired) electrons. The molecule has 0 aliphatic carbocycles. The van der Waals surface area contributed by atoms with Gasteiger partial charge in [0, 0.05) is 7.11 Å². The molecule has 0 aliphatic heterocycles. The van der Waals surface area contributed by atoms with Crippen LogP contribution in [0.1, 0.15) is 25.3 Å². The number of hydrogen-bond acceptors (Lipinski definition) is 2. The van der Waals surface area contributed by atoms with E-state index >= 15 is 0 Å². The monoisotopic (exact) mass is 220 g/mol. The highest BCUT2D eigenvalue weighted by Crippen LogP contribution is 2.12. The number of methoxy groups -OCH3 is 1. The standard InChI is InChI=1S/C14H20O2/c1-3-4-5-6-11-16-14-9-7-13(8-10-14)12-15-2/h4-5,7-10H,3,6,11-12H2,1-2H3. The van der Waals surface area contributed by atoms with Gasteiger partial charge in [-0.15, -0.1) is 0 Å². The predicted octanol–water partition coefficient (Wildman–Crippen LogP) is 3.57. The van der Waals surface area contributed by atoms with E-state index in [0.717, 1.165) is 25.2 Å². The maximum absolute atomic E-state index is 5.59. The summed E-state index contributed by atoms with van der Waals surface area (Å²) in [5, 5.41) is 0. The fourth-order valence-electron chi connectivity index (χ4n) is 1.38. The molecule has 2 heteroatoms. The quantitative estimate of drug-likeness (QED) is 0.516. The Bertz CT molecular complexity index is 301. The minimum atomic E-state index is 0.652. The van der Waals surface area contributed by atoms with Crippen LogP contribution < -0.4 is 4.74 Å². The van der Waals surface area contributed by atoms with Crippen LogP contribution in [0.5, 0.6) is 5.75 Å². The average Bonchev–Trinajstić information content (AvgIpc) is 2.31. The SMILES string of the molecule is CCC=CCCOc1ccc(COC)cc1. The van der Waals surface area contributed by atoms with E-state index in [1.165, 1.54) is 5.56 Å². The zero-order valence-electron chi connectivity index (χ0n) is 10.1. The first-order chi connectivity index (χ1) is 7.86. The summed E-state index contributed by atoms with van der Waals surface area (Å²) in [5.74, 6) is 0.921. The smallest absolute Gasteiger partial charge is 0.119 e. The van der Waals surface area contributed by atoms with Crippen LogP contribution in [0.4, 0.5) is 0 Å². The number of benzene rings is 1. The molecule has 2 nitrogen and oxygen atoms in total. The second kappa shape index (κ2) is 7.94. The molecule has 16 heavy (non-hydrogen) atoms. The molecule has 0 fully saturated rings. The van der Waals surface area contributed by atoms with Gasteiger partial charge in [0.2, 0.25) is 0 Å². The van der Waals surface area contributed by atoms with Gasteiger partial charge in [0.15, 0.2) is 0 Å². The van der Waals surface area contributed by atoms with Gasteiger partial charge in [-0.25, -0.2) is 0 Å². The van der Waals surface area contributed by atoms with Crippen LogP contribution in [-0.2, 0) is 11.3 Å². The van der Waals surface area contributed by atoms with Crippen LogP contribution in [0.25, 0.3) is 0 Å². The first kappa shape index (κ1) is 12.8. The molecule has 0 amide bonds. The van der Waals surface area contributed by atoms with E-state index in [2.05, 4.69) is 19.1 Å². The summed E-state index contributed by atoms with van der Waals surface area (Å²) in [4.78, 5) is 0. The van der Waals surface area contributed by atoms with E-state index in [4.69, 9.17) is 9.47 Å². The molecule has 0 atom stereocenters. The second-order valence-electron chi connectivity index (χ2n) is 3.59. The molecule has 1 aromatic carbocycles. The second-order valence-corrected chi connectivity index (χ2v) is 3.59. The van der Waals surface area contributed by atoms with Crippen LogP contribution in [0.15, 0.2) is 36.4 Å². The third-order valence-electron chi connectivity index (χ3n) is 2.19. The lowest BCUT2D eigenvalue weighted by Gasteiger charge is -2.05. The normalized spacial score (nSPS) is 10.9. The number of hydrogen-bond donors (Lipinski definition) is 0. The van der Waals surface area contributed by atoms with Crippen molar-refractivity contribution >= 4 is 0 Å². The lowest BCUT2D eigenvalue weighted by molar-refractivity contribution is 0.185. The van der Waals surface area contributed by atoms with Gasteiger partial charge in [-0.05, 0) is 30.5 Å². The first-order valence-electron chi connectivity index (χ1n) is 5.72. The third kappa shape index (κ3) is 4.99. The average molecular weight is 220 g/mol. The summed E-state index contributed by atoms with van der Waals surface area (Å²) < 4.78 is 10.6. The molecular formula is C14H20O2. The van der Waals surface area contributed by atoms with Gasteiger partial charge in [-0.2, -0.15) is 0 Å². The Kier molecular flexibility index (Phi) is 6.35. The van der Waals surface area contributed by atoms with Gasteiger partial charge in [-0.1, -0.05) is 31.2 Å². The Morgan fingerprint density at radius 2 is 1.88 bits per heavy atom. The van der Waals surface area contributed by atoms with Gasteiger partial charge >= 0.3 is 0 Å². The maximum atomic E-state index is 5.59. The Balaban J connectivity index is 2.29. The zero-order valence-corrected chi connectivity index (χ0v) is 10.1. The molecule has 0 aromatic heterocycles. The van der Waals surface area contributed by atoms with Crippen LogP contribution in [0, 0.1) is 0 Å². The summed E-state index contributed by atoms with van der Waals surface area (Å²) in [5.41, 5.74) is 1.17. The van der Waals surface area contributed by atoms with Crippen molar-refractivity contribution in [1.82, 2.24) is 0 Å². The summed E-state index contributed by atoms with van der Waals surface area (Å²) in [7, 11) is 1.70. The van der Waals surface area contributed by atoms with Crippen LogP contribution in [0.3, 0.4) is 0 Å². The highest BCUT2D eigenvalue weighted by Gasteiger charge is 1.94. The van der Waals surface area contributed by atoms with Crippen LogP contribution in [-0.4, -0.2) is 13.7 Å². The third-order valence-corrected chi connectivity index (χ3v) is 2.19. The fourth-order valence-corrected chi connectivity index (χ4v) is 1.38. The number of allylic oxidation sites excluding steroid dienone is 1. The van der Waals surface area contributed by atoms with E-state index in [1.54, 1.807) is 7.11 Å². The van der Waals surface area contributed by atoms with Crippen molar-refractivity contribution in [2.24, 2.45) is 0 Å². The lowest BCUT2D eigenvalue weighted by Crippen LogP contribution is -1.96. The molecule has 0 saturated heterocycles. The lowest BCUT2D eigenvalue weighted by atomic mass is 10.2. The zero-order chi connectivity index (χ0) is 11.6. The molecule has 88 valence electrons. The van der Waals surface area contributed by atoms with Crippen molar-refractivity contribution in [2.75, 3.05) is 13.7 Å². The summed E-state index contributed by atoms with van der Waals surface area (Å²) >= 11 is 0. The largest absolute Gasteiger partial charge is 0.493 e. The maximum Gasteiger partial charge on any atom is 0.119 e. The Labute approximate surface area is 97.9 Å². The van der Waals surface area contributed by atoms with Gasteiger partial charge < -0.3 is 9.47 Å². The number of rotatable bonds is 7. The summed E-state index contributed by atoms with van der Waals surface area (Å²) in [6.45, 7) is 3.52. The van der Waals surface area contributed by atoms with Crippen LogP contribution in [0.2, 0.25) is 0 Å². The summed E-state index contributed by atoms with van der Waals surface area (Å²) in [6.07, 6.45) is 6.36. The predicted molar refractivity (Wildman–Crippen MR) is 66.7 cm³/mol. The van der Waals surface area contributed by atoms with Crippen molar-refractivity contribution in [3.8, 4) is 5.75 Å². The molecule has 0 spiro atoms. The topological polar surface area (TPSA) is 18.5 Å². The Morgan fingerprint density at radius 3 is 2.50 bits per heavy atom. The van der Waals surface area contributed by atoms with Gasteiger partial charge in [-0.3, -0.25) is 0 Å². The molecule has 0 unspecified atom stereocenters. The van der Waals surface area contributed by atoms with Crippen LogP contribution >= 0.6 is 0 Å². The van der Waals surface area contributed by atoms with Gasteiger partial charge in [0.05, 0.1) is 13.2 Å². The van der Waals surface area contributed by atoms with Crippen molar-refractivity contribution in [1.29, 1.82) is 0 Å². The minimum absolute atomic E-state index is 0.652. The van der Waals surface area contributed by atoms with Crippen molar-refractivity contribution in [3.63, 3.8) is 0 Å². The molecule has 0 heterocycles. The van der Waals surface area contributed by atoms with E-state index in [9.17, 15) is 0 Å². The highest BCUT2D eigenvalue weighted by atomic mass is 16.5. The van der Waals surface area contributed by atoms with Crippen molar-refractivity contribution in [3.05, 3.63) is 42.0 Å². The molecule has 1 aromatic rings. The number of ether oxygens (including phenoxy) is 2. The molecule has 1 rings (SSSR count). The van der Waals surface area contributed by atoms with Crippen molar-refractivity contribution in [2.45, 2.75) is 26.4 Å². The molecule has 0 N–H and O–H groups in total. The van der Waals surface area contributed by atoms with Crippen molar-refractivity contribution < 1.29 is 9.47 Å². The molecule has 0 saturated carbocycles. The van der Waals surface area contributed by atoms with E-state index in [-0.39, 0.29) is 0 Å². The molecular weight excluding hydrogens is 200 g/mol. The van der Waals surface area contributed by atoms with E-state index < -0.39 is 0 Å². The fraction of sp³-hybridized carbons (Fsp3) is 0.429. The highest BCUT2D eigenvalue weighted by molar-refractivity contribution is 5.26. The minimum Gasteiger partial charge on any atom is -0.493 e. The first-order valence-corrected chi connectivity index (χ1v) is 5.72. The molecule has 0 bridgehead atoms. The Morgan fingerprint density at radius 1 is 1.12 bits per heavy atom. The molecule has 0 aliphatic rings. The summed E-state index contributed by atoms with van der Waals surface area (Å²) in [6, 6.07) is 8.03. The Hall–Kier alpha value is -1.28. The van der Waals surface area contributed by atoms with E-state index in [0.29, 0.717) is 6.61 Å². The van der Waals surface area contributed by atoms with Gasteiger partial charge in [0.1, 0.15) is 5.75 Å². The van der Waals surface area contributed by atoms with E-state index in [1.807, 2.05) is 24.3 Å². The van der Waals surface area contributed by atoms with Gasteiger partial charge in [0.25, 0.3) is 0 Å².